The van der Waals surface area contributed by atoms with E-state index in [4.69, 9.17) is 16.0 Å². The third kappa shape index (κ3) is 3.20. The minimum atomic E-state index is -0.0351. The van der Waals surface area contributed by atoms with Crippen molar-refractivity contribution < 1.29 is 9.21 Å². The van der Waals surface area contributed by atoms with Gasteiger partial charge in [-0.1, -0.05) is 30.9 Å². The Bertz CT molecular complexity index is 641. The Balaban J connectivity index is 1.75. The summed E-state index contributed by atoms with van der Waals surface area (Å²) in [6.45, 7) is 0. The molecule has 2 aromatic rings. The normalized spacial score (nSPS) is 15.7. The lowest BCUT2D eigenvalue weighted by atomic mass is 9.94. The van der Waals surface area contributed by atoms with E-state index in [2.05, 4.69) is 0 Å². The van der Waals surface area contributed by atoms with Gasteiger partial charge in [-0.05, 0) is 49.2 Å². The number of halogens is 1. The van der Waals surface area contributed by atoms with Crippen LogP contribution in [0.1, 0.15) is 42.7 Å². The Hall–Kier alpha value is -1.74. The minimum absolute atomic E-state index is 0.0351. The van der Waals surface area contributed by atoms with Gasteiger partial charge in [0.15, 0.2) is 5.76 Å². The summed E-state index contributed by atoms with van der Waals surface area (Å²) < 4.78 is 5.75. The zero-order valence-electron chi connectivity index (χ0n) is 12.7. The van der Waals surface area contributed by atoms with Crippen molar-refractivity contribution in [1.29, 1.82) is 0 Å². The van der Waals surface area contributed by atoms with Crippen molar-refractivity contribution in [1.82, 2.24) is 4.90 Å². The van der Waals surface area contributed by atoms with Crippen LogP contribution in [0.5, 0.6) is 0 Å². The second-order valence-corrected chi connectivity index (χ2v) is 6.32. The van der Waals surface area contributed by atoms with Crippen LogP contribution in [-0.2, 0) is 0 Å². The summed E-state index contributed by atoms with van der Waals surface area (Å²) in [7, 11) is 1.88. The molecule has 1 aromatic heterocycles. The molecule has 1 aliphatic rings. The second kappa shape index (κ2) is 6.57. The molecule has 0 aliphatic heterocycles. The van der Waals surface area contributed by atoms with Crippen LogP contribution in [0.4, 0.5) is 0 Å². The molecule has 0 atom stereocenters. The predicted molar refractivity (Wildman–Crippen MR) is 88.1 cm³/mol. The number of furan rings is 1. The first-order valence-corrected chi connectivity index (χ1v) is 8.16. The van der Waals surface area contributed by atoms with Crippen LogP contribution in [0.25, 0.3) is 11.3 Å². The van der Waals surface area contributed by atoms with Gasteiger partial charge in [0, 0.05) is 23.7 Å². The third-order valence-corrected chi connectivity index (χ3v) is 4.64. The maximum atomic E-state index is 12.6. The molecular weight excluding hydrogens is 298 g/mol. The summed E-state index contributed by atoms with van der Waals surface area (Å²) in [6.07, 6.45) is 5.87. The zero-order chi connectivity index (χ0) is 15.5. The van der Waals surface area contributed by atoms with Gasteiger partial charge in [-0.3, -0.25) is 4.79 Å². The van der Waals surface area contributed by atoms with E-state index in [9.17, 15) is 4.79 Å². The Morgan fingerprint density at radius 2 is 1.77 bits per heavy atom. The van der Waals surface area contributed by atoms with E-state index in [1.165, 1.54) is 19.3 Å². The molecule has 0 N–H and O–H groups in total. The first-order chi connectivity index (χ1) is 10.6. The van der Waals surface area contributed by atoms with Crippen molar-refractivity contribution in [3.63, 3.8) is 0 Å². The van der Waals surface area contributed by atoms with Crippen LogP contribution in [-0.4, -0.2) is 23.9 Å². The summed E-state index contributed by atoms with van der Waals surface area (Å²) >= 11 is 5.89. The van der Waals surface area contributed by atoms with Crippen LogP contribution < -0.4 is 0 Å². The average Bonchev–Trinajstić information content (AvgIpc) is 3.05. The number of carbonyl (C=O) groups excluding carboxylic acids is 1. The Morgan fingerprint density at radius 1 is 1.09 bits per heavy atom. The van der Waals surface area contributed by atoms with Gasteiger partial charge >= 0.3 is 0 Å². The van der Waals surface area contributed by atoms with E-state index in [0.29, 0.717) is 22.6 Å². The lowest BCUT2D eigenvalue weighted by molar-refractivity contribution is 0.0665. The molecule has 1 heterocycles. The van der Waals surface area contributed by atoms with E-state index in [1.807, 2.05) is 42.3 Å². The highest BCUT2D eigenvalue weighted by Crippen LogP contribution is 2.26. The van der Waals surface area contributed by atoms with Crippen LogP contribution in [0.3, 0.4) is 0 Å². The van der Waals surface area contributed by atoms with Gasteiger partial charge in [0.25, 0.3) is 5.91 Å². The van der Waals surface area contributed by atoms with E-state index >= 15 is 0 Å². The molecule has 0 saturated heterocycles. The van der Waals surface area contributed by atoms with Crippen molar-refractivity contribution in [2.45, 2.75) is 38.1 Å². The highest BCUT2D eigenvalue weighted by Gasteiger charge is 2.25. The van der Waals surface area contributed by atoms with E-state index in [0.717, 1.165) is 18.4 Å². The highest BCUT2D eigenvalue weighted by atomic mass is 35.5. The van der Waals surface area contributed by atoms with Gasteiger partial charge in [0.2, 0.25) is 0 Å². The standard InChI is InChI=1S/C18H20ClNO2/c1-20(15-5-3-2-4-6-15)18(21)17-12-11-16(22-17)13-7-9-14(19)10-8-13/h7-12,15H,2-6H2,1H3. The fourth-order valence-corrected chi connectivity index (χ4v) is 3.16. The Morgan fingerprint density at radius 3 is 2.45 bits per heavy atom. The molecular formula is C18H20ClNO2. The summed E-state index contributed by atoms with van der Waals surface area (Å²) in [6, 6.07) is 11.3. The molecule has 4 heteroatoms. The molecule has 1 aliphatic carbocycles. The number of nitrogens with zero attached hydrogens (tertiary/aromatic N) is 1. The zero-order valence-corrected chi connectivity index (χ0v) is 13.5. The van der Waals surface area contributed by atoms with Gasteiger partial charge in [-0.25, -0.2) is 0 Å². The first-order valence-electron chi connectivity index (χ1n) is 7.78. The molecule has 3 rings (SSSR count). The fraction of sp³-hybridized carbons (Fsp3) is 0.389. The predicted octanol–water partition coefficient (Wildman–Crippen LogP) is 5.00. The highest BCUT2D eigenvalue weighted by molar-refractivity contribution is 6.30. The molecule has 0 radical (unpaired) electrons. The SMILES string of the molecule is CN(C(=O)c1ccc(-c2ccc(Cl)cc2)o1)C1CCCCC1. The number of hydrogen-bond donors (Lipinski definition) is 0. The smallest absolute Gasteiger partial charge is 0.289 e. The van der Waals surface area contributed by atoms with E-state index < -0.39 is 0 Å². The van der Waals surface area contributed by atoms with Crippen LogP contribution in [0.2, 0.25) is 5.02 Å². The molecule has 0 bridgehead atoms. The molecule has 0 spiro atoms. The summed E-state index contributed by atoms with van der Waals surface area (Å²) in [4.78, 5) is 14.4. The number of carbonyl (C=O) groups is 1. The Kier molecular flexibility index (Phi) is 4.53. The van der Waals surface area contributed by atoms with Gasteiger partial charge in [-0.15, -0.1) is 0 Å². The van der Waals surface area contributed by atoms with E-state index in [1.54, 1.807) is 6.07 Å². The number of amides is 1. The molecule has 1 fully saturated rings. The van der Waals surface area contributed by atoms with Crippen LogP contribution in [0.15, 0.2) is 40.8 Å². The lowest BCUT2D eigenvalue weighted by Gasteiger charge is -2.30. The molecule has 1 aromatic carbocycles. The maximum Gasteiger partial charge on any atom is 0.289 e. The molecule has 116 valence electrons. The van der Waals surface area contributed by atoms with Crippen molar-refractivity contribution in [3.8, 4) is 11.3 Å². The fourth-order valence-electron chi connectivity index (χ4n) is 3.03. The number of benzene rings is 1. The first kappa shape index (κ1) is 15.2. The van der Waals surface area contributed by atoms with Crippen molar-refractivity contribution in [2.75, 3.05) is 7.05 Å². The molecule has 1 saturated carbocycles. The monoisotopic (exact) mass is 317 g/mol. The van der Waals surface area contributed by atoms with Crippen molar-refractivity contribution in [3.05, 3.63) is 47.2 Å². The van der Waals surface area contributed by atoms with Gasteiger partial charge in [0.05, 0.1) is 0 Å². The number of hydrogen-bond acceptors (Lipinski definition) is 2. The number of rotatable bonds is 3. The quantitative estimate of drug-likeness (QED) is 0.797. The van der Waals surface area contributed by atoms with Crippen LogP contribution in [0, 0.1) is 0 Å². The van der Waals surface area contributed by atoms with Gasteiger partial charge in [0.1, 0.15) is 5.76 Å². The van der Waals surface area contributed by atoms with Gasteiger partial charge in [-0.2, -0.15) is 0 Å². The topological polar surface area (TPSA) is 33.5 Å². The summed E-state index contributed by atoms with van der Waals surface area (Å²) in [5, 5.41) is 0.684. The third-order valence-electron chi connectivity index (χ3n) is 4.39. The molecule has 0 unspecified atom stereocenters. The Labute approximate surface area is 135 Å². The summed E-state index contributed by atoms with van der Waals surface area (Å²) in [5.41, 5.74) is 0.920. The minimum Gasteiger partial charge on any atom is -0.451 e. The molecule has 1 amide bonds. The largest absolute Gasteiger partial charge is 0.451 e. The van der Waals surface area contributed by atoms with Crippen molar-refractivity contribution in [2.24, 2.45) is 0 Å². The maximum absolute atomic E-state index is 12.6. The molecule has 22 heavy (non-hydrogen) atoms. The average molecular weight is 318 g/mol. The summed E-state index contributed by atoms with van der Waals surface area (Å²) in [5.74, 6) is 1.06. The van der Waals surface area contributed by atoms with Gasteiger partial charge < -0.3 is 9.32 Å². The van der Waals surface area contributed by atoms with Crippen molar-refractivity contribution >= 4 is 17.5 Å². The van der Waals surface area contributed by atoms with Crippen LogP contribution >= 0.6 is 11.6 Å². The lowest BCUT2D eigenvalue weighted by Crippen LogP contribution is -2.38. The van der Waals surface area contributed by atoms with E-state index in [-0.39, 0.29) is 5.91 Å². The second-order valence-electron chi connectivity index (χ2n) is 5.88. The molecule has 3 nitrogen and oxygen atoms in total.